The second-order valence-corrected chi connectivity index (χ2v) is 10.3. The van der Waals surface area contributed by atoms with Crippen molar-refractivity contribution in [2.24, 2.45) is 11.3 Å². The van der Waals surface area contributed by atoms with Gasteiger partial charge in [-0.3, -0.25) is 4.90 Å². The Bertz CT molecular complexity index is 436. The maximum absolute atomic E-state index is 12.0. The minimum absolute atomic E-state index is 0.289. The number of hydrogen-bond acceptors (Lipinski definition) is 5. The van der Waals surface area contributed by atoms with Crippen molar-refractivity contribution in [1.82, 2.24) is 10.2 Å². The van der Waals surface area contributed by atoms with Crippen LogP contribution < -0.4 is 5.32 Å². The predicted molar refractivity (Wildman–Crippen MR) is 86.9 cm³/mol. The van der Waals surface area contributed by atoms with Crippen molar-refractivity contribution in [2.75, 3.05) is 37.9 Å². The van der Waals surface area contributed by atoms with Gasteiger partial charge in [-0.25, -0.2) is 8.42 Å². The lowest BCUT2D eigenvalue weighted by molar-refractivity contribution is 0.186. The summed E-state index contributed by atoms with van der Waals surface area (Å²) in [5.41, 5.74) is 0.310. The highest BCUT2D eigenvalue weighted by molar-refractivity contribution is 8.00. The molecule has 3 atom stereocenters. The summed E-state index contributed by atoms with van der Waals surface area (Å²) in [6.45, 7) is 6.44. The highest BCUT2D eigenvalue weighted by Crippen LogP contribution is 2.42. The van der Waals surface area contributed by atoms with Gasteiger partial charge in [0.1, 0.15) is 5.37 Å². The number of rotatable bonds is 4. The van der Waals surface area contributed by atoms with Crippen molar-refractivity contribution in [3.63, 3.8) is 0 Å². The molecule has 0 spiro atoms. The molecular formula is C14H28N2O2S2. The van der Waals surface area contributed by atoms with Crippen LogP contribution in [0.5, 0.6) is 0 Å². The average molecular weight is 321 g/mol. The van der Waals surface area contributed by atoms with Crippen molar-refractivity contribution in [1.29, 1.82) is 0 Å². The van der Waals surface area contributed by atoms with Crippen LogP contribution in [-0.4, -0.2) is 62.6 Å². The van der Waals surface area contributed by atoms with E-state index >= 15 is 0 Å². The quantitative estimate of drug-likeness (QED) is 0.849. The van der Waals surface area contributed by atoms with E-state index in [1.807, 2.05) is 7.05 Å². The number of thioether (sulfide) groups is 1. The first-order valence-electron chi connectivity index (χ1n) is 7.43. The van der Waals surface area contributed by atoms with Gasteiger partial charge in [0.25, 0.3) is 0 Å². The van der Waals surface area contributed by atoms with E-state index in [-0.39, 0.29) is 5.37 Å². The Balaban J connectivity index is 2.08. The fourth-order valence-corrected chi connectivity index (χ4v) is 6.81. The van der Waals surface area contributed by atoms with Crippen LogP contribution in [0.15, 0.2) is 0 Å². The molecule has 0 aromatic carbocycles. The molecule has 4 nitrogen and oxygen atoms in total. The third-order valence-corrected chi connectivity index (χ3v) is 7.62. The van der Waals surface area contributed by atoms with Gasteiger partial charge in [-0.05, 0) is 31.2 Å². The Hall–Kier alpha value is 0.220. The lowest BCUT2D eigenvalue weighted by Crippen LogP contribution is -2.51. The van der Waals surface area contributed by atoms with Gasteiger partial charge in [-0.2, -0.15) is 11.8 Å². The van der Waals surface area contributed by atoms with E-state index in [0.29, 0.717) is 17.4 Å². The van der Waals surface area contributed by atoms with Crippen molar-refractivity contribution in [3.05, 3.63) is 0 Å². The molecule has 2 fully saturated rings. The topological polar surface area (TPSA) is 49.4 Å². The molecule has 0 aromatic rings. The zero-order chi connectivity index (χ0) is 15.0. The van der Waals surface area contributed by atoms with E-state index < -0.39 is 9.84 Å². The summed E-state index contributed by atoms with van der Waals surface area (Å²) in [5, 5.41) is 3.18. The second-order valence-electron chi connectivity index (χ2n) is 6.91. The summed E-state index contributed by atoms with van der Waals surface area (Å²) >= 11 is 1.76. The Labute approximate surface area is 128 Å². The van der Waals surface area contributed by atoms with E-state index in [9.17, 15) is 8.42 Å². The zero-order valence-electron chi connectivity index (χ0n) is 13.1. The molecule has 2 rings (SSSR count). The van der Waals surface area contributed by atoms with E-state index in [1.54, 1.807) is 11.8 Å². The third kappa shape index (κ3) is 3.51. The van der Waals surface area contributed by atoms with Crippen LogP contribution in [0.1, 0.15) is 26.7 Å². The van der Waals surface area contributed by atoms with Crippen molar-refractivity contribution >= 4 is 21.6 Å². The highest BCUT2D eigenvalue weighted by Gasteiger charge is 2.43. The molecule has 20 heavy (non-hydrogen) atoms. The first-order chi connectivity index (χ1) is 9.25. The maximum Gasteiger partial charge on any atom is 0.164 e. The summed E-state index contributed by atoms with van der Waals surface area (Å²) in [5.74, 6) is 2.33. The molecule has 118 valence electrons. The third-order valence-electron chi connectivity index (χ3n) is 4.94. The predicted octanol–water partition coefficient (Wildman–Crippen LogP) is 1.43. The zero-order valence-corrected chi connectivity index (χ0v) is 14.7. The number of sulfone groups is 1. The monoisotopic (exact) mass is 320 g/mol. The second kappa shape index (κ2) is 6.15. The van der Waals surface area contributed by atoms with E-state index in [2.05, 4.69) is 24.1 Å². The molecule has 1 heterocycles. The molecule has 0 aromatic heterocycles. The summed E-state index contributed by atoms with van der Waals surface area (Å²) < 4.78 is 24.0. The van der Waals surface area contributed by atoms with Gasteiger partial charge < -0.3 is 5.32 Å². The Morgan fingerprint density at radius 2 is 2.10 bits per heavy atom. The fraction of sp³-hybridized carbons (Fsp3) is 1.00. The van der Waals surface area contributed by atoms with Crippen LogP contribution in [0.2, 0.25) is 0 Å². The summed E-state index contributed by atoms with van der Waals surface area (Å²) in [6, 6.07) is 0.484. The molecule has 6 heteroatoms. The smallest absolute Gasteiger partial charge is 0.164 e. The Kier molecular flexibility index (Phi) is 5.10. The molecule has 1 aliphatic heterocycles. The molecule has 1 saturated heterocycles. The average Bonchev–Trinajstić information content (AvgIpc) is 2.63. The summed E-state index contributed by atoms with van der Waals surface area (Å²) in [6.07, 6.45) is 3.79. The first kappa shape index (κ1) is 16.6. The lowest BCUT2D eigenvalue weighted by Gasteiger charge is -2.38. The molecule has 0 amide bonds. The molecular weight excluding hydrogens is 292 g/mol. The minimum atomic E-state index is -2.98. The van der Waals surface area contributed by atoms with E-state index in [0.717, 1.165) is 24.6 Å². The van der Waals surface area contributed by atoms with Crippen LogP contribution in [-0.2, 0) is 9.84 Å². The summed E-state index contributed by atoms with van der Waals surface area (Å²) in [7, 11) is -0.952. The highest BCUT2D eigenvalue weighted by atomic mass is 32.2. The van der Waals surface area contributed by atoms with Gasteiger partial charge in [0.15, 0.2) is 9.84 Å². The van der Waals surface area contributed by atoms with Crippen LogP contribution in [0.4, 0.5) is 0 Å². The number of nitrogens with one attached hydrogen (secondary N) is 1. The van der Waals surface area contributed by atoms with Gasteiger partial charge in [-0.15, -0.1) is 0 Å². The normalized spacial score (nSPS) is 35.3. The Morgan fingerprint density at radius 1 is 1.40 bits per heavy atom. The summed E-state index contributed by atoms with van der Waals surface area (Å²) in [4.78, 5) is 2.21. The largest absolute Gasteiger partial charge is 0.316 e. The minimum Gasteiger partial charge on any atom is -0.316 e. The Morgan fingerprint density at radius 3 is 2.70 bits per heavy atom. The van der Waals surface area contributed by atoms with Crippen LogP contribution in [0.25, 0.3) is 0 Å². The van der Waals surface area contributed by atoms with Crippen LogP contribution in [0, 0.1) is 11.3 Å². The molecule has 3 unspecified atom stereocenters. The fourth-order valence-electron chi connectivity index (χ4n) is 3.86. The van der Waals surface area contributed by atoms with Crippen molar-refractivity contribution in [3.8, 4) is 0 Å². The lowest BCUT2D eigenvalue weighted by atomic mass is 9.85. The van der Waals surface area contributed by atoms with Crippen molar-refractivity contribution < 1.29 is 8.42 Å². The van der Waals surface area contributed by atoms with Crippen LogP contribution >= 0.6 is 11.8 Å². The van der Waals surface area contributed by atoms with E-state index in [4.69, 9.17) is 0 Å². The molecule has 1 N–H and O–H groups in total. The van der Waals surface area contributed by atoms with Crippen LogP contribution in [0.3, 0.4) is 0 Å². The van der Waals surface area contributed by atoms with Gasteiger partial charge in [0.05, 0.1) is 0 Å². The SMILES string of the molecule is CNC1C(CN2CCSCC2S(C)(=O)=O)CCC1(C)C. The molecule has 2 aliphatic rings. The first-order valence-corrected chi connectivity index (χ1v) is 10.5. The number of nitrogens with zero attached hydrogens (tertiary/aromatic N) is 1. The standard InChI is InChI=1S/C14H28N2O2S2/c1-14(2)6-5-11(13(14)15-3)9-16-7-8-19-10-12(16)20(4,17)18/h11-13,15H,5-10H2,1-4H3. The molecule has 0 bridgehead atoms. The molecule has 0 radical (unpaired) electrons. The van der Waals surface area contributed by atoms with Gasteiger partial charge in [0, 0.05) is 36.9 Å². The van der Waals surface area contributed by atoms with E-state index in [1.165, 1.54) is 19.1 Å². The van der Waals surface area contributed by atoms with Gasteiger partial charge in [0.2, 0.25) is 0 Å². The number of hydrogen-bond donors (Lipinski definition) is 1. The molecule has 1 aliphatic carbocycles. The van der Waals surface area contributed by atoms with Gasteiger partial charge >= 0.3 is 0 Å². The van der Waals surface area contributed by atoms with Gasteiger partial charge in [-0.1, -0.05) is 13.8 Å². The molecule has 1 saturated carbocycles. The van der Waals surface area contributed by atoms with Crippen molar-refractivity contribution in [2.45, 2.75) is 38.1 Å². The maximum atomic E-state index is 12.0.